The number of benzene rings is 2. The molecule has 0 radical (unpaired) electrons. The van der Waals surface area contributed by atoms with Gasteiger partial charge < -0.3 is 5.73 Å². The number of carbonyl (C=O) groups excluding carboxylic acids is 1. The van der Waals surface area contributed by atoms with Gasteiger partial charge in [-0.05, 0) is 18.6 Å². The Labute approximate surface area is 113 Å². The lowest BCUT2D eigenvalue weighted by atomic mass is 9.99. The highest BCUT2D eigenvalue weighted by Gasteiger charge is 2.09. The Morgan fingerprint density at radius 1 is 1.00 bits per heavy atom. The molecule has 0 aliphatic heterocycles. The van der Waals surface area contributed by atoms with Crippen LogP contribution in [0.2, 0.25) is 0 Å². The lowest BCUT2D eigenvalue weighted by molar-refractivity contribution is 0.103. The van der Waals surface area contributed by atoms with Crippen molar-refractivity contribution in [3.8, 4) is 0 Å². The first-order chi connectivity index (χ1) is 8.18. The first-order valence-corrected chi connectivity index (χ1v) is 5.64. The van der Waals surface area contributed by atoms with Crippen LogP contribution in [0.25, 0.3) is 0 Å². The lowest BCUT2D eigenvalue weighted by Gasteiger charge is -2.07. The molecule has 0 aromatic heterocycles. The second kappa shape index (κ2) is 6.34. The number of halogens is 1. The number of nitrogens with two attached hydrogens (primary N) is 1. The van der Waals surface area contributed by atoms with Gasteiger partial charge in [-0.2, -0.15) is 0 Å². The van der Waals surface area contributed by atoms with Crippen LogP contribution in [0.5, 0.6) is 0 Å². The Morgan fingerprint density at radius 3 is 2.22 bits per heavy atom. The molecular weight excluding hydrogens is 246 g/mol. The fourth-order valence-electron chi connectivity index (χ4n) is 1.72. The summed E-state index contributed by atoms with van der Waals surface area (Å²) in [6.45, 7) is 1.91. The lowest BCUT2D eigenvalue weighted by Crippen LogP contribution is -2.07. The van der Waals surface area contributed by atoms with Crippen LogP contribution in [0, 0.1) is 0 Å². The van der Waals surface area contributed by atoms with E-state index in [0.29, 0.717) is 11.1 Å². The summed E-state index contributed by atoms with van der Waals surface area (Å²) >= 11 is 0. The topological polar surface area (TPSA) is 43.1 Å². The molecule has 2 rings (SSSR count). The maximum absolute atomic E-state index is 12.2. The van der Waals surface area contributed by atoms with Crippen LogP contribution in [-0.2, 0) is 0 Å². The quantitative estimate of drug-likeness (QED) is 0.861. The molecule has 94 valence electrons. The maximum Gasteiger partial charge on any atom is 0.193 e. The van der Waals surface area contributed by atoms with Gasteiger partial charge in [-0.1, -0.05) is 48.5 Å². The summed E-state index contributed by atoms with van der Waals surface area (Å²) in [5, 5.41) is 0. The number of hydrogen-bond donors (Lipinski definition) is 1. The van der Waals surface area contributed by atoms with E-state index in [1.165, 1.54) is 0 Å². The zero-order chi connectivity index (χ0) is 12.3. The summed E-state index contributed by atoms with van der Waals surface area (Å²) < 4.78 is 0. The molecule has 0 bridgehead atoms. The van der Waals surface area contributed by atoms with Crippen molar-refractivity contribution >= 4 is 18.2 Å². The molecule has 0 spiro atoms. The molecule has 0 aliphatic rings. The fraction of sp³-hybridized carbons (Fsp3) is 0.133. The zero-order valence-corrected chi connectivity index (χ0v) is 11.0. The molecule has 2 nitrogen and oxygen atoms in total. The average Bonchev–Trinajstić information content (AvgIpc) is 2.39. The summed E-state index contributed by atoms with van der Waals surface area (Å²) in [6, 6.07) is 16.7. The molecule has 0 saturated carbocycles. The predicted octanol–water partition coefficient (Wildman–Crippen LogP) is 3.36. The van der Waals surface area contributed by atoms with Crippen LogP contribution in [0.4, 0.5) is 0 Å². The summed E-state index contributed by atoms with van der Waals surface area (Å²) in [5.41, 5.74) is 8.18. The predicted molar refractivity (Wildman–Crippen MR) is 76.2 cm³/mol. The highest BCUT2D eigenvalue weighted by molar-refractivity contribution is 6.09. The highest BCUT2D eigenvalue weighted by atomic mass is 35.5. The molecule has 18 heavy (non-hydrogen) atoms. The van der Waals surface area contributed by atoms with Gasteiger partial charge in [0.05, 0.1) is 0 Å². The Hall–Kier alpha value is -1.64. The molecular formula is C15H16ClNO. The van der Waals surface area contributed by atoms with Crippen LogP contribution < -0.4 is 5.73 Å². The largest absolute Gasteiger partial charge is 0.324 e. The minimum absolute atomic E-state index is 0. The van der Waals surface area contributed by atoms with E-state index in [1.54, 1.807) is 0 Å². The maximum atomic E-state index is 12.2. The highest BCUT2D eigenvalue weighted by Crippen LogP contribution is 2.15. The minimum atomic E-state index is -0.0569. The molecule has 0 amide bonds. The summed E-state index contributed by atoms with van der Waals surface area (Å²) in [6.07, 6.45) is 0. The molecule has 1 atom stereocenters. The first-order valence-electron chi connectivity index (χ1n) is 5.64. The van der Waals surface area contributed by atoms with Crippen LogP contribution in [0.15, 0.2) is 54.6 Å². The van der Waals surface area contributed by atoms with E-state index in [9.17, 15) is 4.79 Å². The van der Waals surface area contributed by atoms with E-state index in [-0.39, 0.29) is 24.2 Å². The third kappa shape index (κ3) is 3.19. The number of rotatable bonds is 3. The number of hydrogen-bond acceptors (Lipinski definition) is 2. The van der Waals surface area contributed by atoms with E-state index in [1.807, 2.05) is 61.5 Å². The molecule has 2 aromatic carbocycles. The van der Waals surface area contributed by atoms with E-state index in [2.05, 4.69) is 0 Å². The SMILES string of the molecule is CC(N)c1cccc(C(=O)c2ccccc2)c1.Cl. The van der Waals surface area contributed by atoms with Gasteiger partial charge in [0.25, 0.3) is 0 Å². The molecule has 1 unspecified atom stereocenters. The molecule has 0 fully saturated rings. The first kappa shape index (κ1) is 14.4. The van der Waals surface area contributed by atoms with Gasteiger partial charge in [0.2, 0.25) is 0 Å². The van der Waals surface area contributed by atoms with Gasteiger partial charge in [-0.3, -0.25) is 4.79 Å². The summed E-state index contributed by atoms with van der Waals surface area (Å²) in [4.78, 5) is 12.2. The third-order valence-electron chi connectivity index (χ3n) is 2.71. The standard InChI is InChI=1S/C15H15NO.ClH/c1-11(16)13-8-5-9-14(10-13)15(17)12-6-3-2-4-7-12;/h2-11H,16H2,1H3;1H. The van der Waals surface area contributed by atoms with Crippen molar-refractivity contribution < 1.29 is 4.79 Å². The van der Waals surface area contributed by atoms with Crippen molar-refractivity contribution in [3.63, 3.8) is 0 Å². The van der Waals surface area contributed by atoms with Crippen LogP contribution in [0.1, 0.15) is 34.5 Å². The Bertz CT molecular complexity index is 523. The van der Waals surface area contributed by atoms with Crippen molar-refractivity contribution in [1.82, 2.24) is 0 Å². The fourth-order valence-corrected chi connectivity index (χ4v) is 1.72. The molecule has 2 N–H and O–H groups in total. The van der Waals surface area contributed by atoms with Crippen molar-refractivity contribution in [2.24, 2.45) is 5.73 Å². The van der Waals surface area contributed by atoms with Crippen LogP contribution in [0.3, 0.4) is 0 Å². The Morgan fingerprint density at radius 2 is 1.61 bits per heavy atom. The normalized spacial score (nSPS) is 11.4. The average molecular weight is 262 g/mol. The summed E-state index contributed by atoms with van der Waals surface area (Å²) in [7, 11) is 0. The zero-order valence-electron chi connectivity index (χ0n) is 10.2. The molecule has 0 heterocycles. The van der Waals surface area contributed by atoms with Crippen LogP contribution >= 0.6 is 12.4 Å². The van der Waals surface area contributed by atoms with Crippen molar-refractivity contribution in [1.29, 1.82) is 0 Å². The second-order valence-electron chi connectivity index (χ2n) is 4.11. The minimum Gasteiger partial charge on any atom is -0.324 e. The Kier molecular flexibility index (Phi) is 5.08. The number of carbonyl (C=O) groups is 1. The third-order valence-corrected chi connectivity index (χ3v) is 2.71. The van der Waals surface area contributed by atoms with Gasteiger partial charge in [0, 0.05) is 17.2 Å². The van der Waals surface area contributed by atoms with Crippen molar-refractivity contribution in [2.75, 3.05) is 0 Å². The van der Waals surface area contributed by atoms with Crippen molar-refractivity contribution in [2.45, 2.75) is 13.0 Å². The van der Waals surface area contributed by atoms with Gasteiger partial charge in [0.1, 0.15) is 0 Å². The molecule has 0 aliphatic carbocycles. The monoisotopic (exact) mass is 261 g/mol. The molecule has 2 aromatic rings. The van der Waals surface area contributed by atoms with E-state index < -0.39 is 0 Å². The second-order valence-corrected chi connectivity index (χ2v) is 4.11. The van der Waals surface area contributed by atoms with E-state index >= 15 is 0 Å². The van der Waals surface area contributed by atoms with E-state index in [4.69, 9.17) is 5.73 Å². The molecule has 0 saturated heterocycles. The van der Waals surface area contributed by atoms with Gasteiger partial charge in [-0.25, -0.2) is 0 Å². The van der Waals surface area contributed by atoms with Crippen molar-refractivity contribution in [3.05, 3.63) is 71.3 Å². The number of ketones is 1. The van der Waals surface area contributed by atoms with E-state index in [0.717, 1.165) is 5.56 Å². The van der Waals surface area contributed by atoms with Gasteiger partial charge in [0.15, 0.2) is 5.78 Å². The molecule has 3 heteroatoms. The van der Waals surface area contributed by atoms with Gasteiger partial charge in [-0.15, -0.1) is 12.4 Å². The van der Waals surface area contributed by atoms with Crippen LogP contribution in [-0.4, -0.2) is 5.78 Å². The van der Waals surface area contributed by atoms with Gasteiger partial charge >= 0.3 is 0 Å². The Balaban J connectivity index is 0.00000162. The smallest absolute Gasteiger partial charge is 0.193 e. The summed E-state index contributed by atoms with van der Waals surface area (Å²) in [5.74, 6) is 0.0353.